The highest BCUT2D eigenvalue weighted by Gasteiger charge is 2.27. The van der Waals surface area contributed by atoms with Crippen molar-refractivity contribution in [3.8, 4) is 0 Å². The molecule has 2 amide bonds. The predicted molar refractivity (Wildman–Crippen MR) is 129 cm³/mol. The fourth-order valence-electron chi connectivity index (χ4n) is 2.72. The molecule has 0 bridgehead atoms. The Morgan fingerprint density at radius 2 is 1.03 bits per heavy atom. The lowest BCUT2D eigenvalue weighted by atomic mass is 10.2. The second-order valence-electron chi connectivity index (χ2n) is 7.04. The van der Waals surface area contributed by atoms with Crippen LogP contribution in [0.4, 0.5) is 0 Å². The molecule has 6 heteroatoms. The van der Waals surface area contributed by atoms with Gasteiger partial charge in [-0.3, -0.25) is 18.2 Å². The third-order valence-electron chi connectivity index (χ3n) is 4.53. The lowest BCUT2D eigenvalue weighted by Gasteiger charge is -2.25. The van der Waals surface area contributed by atoms with Gasteiger partial charge in [0.05, 0.1) is 0 Å². The van der Waals surface area contributed by atoms with Crippen molar-refractivity contribution < 1.29 is 9.59 Å². The van der Waals surface area contributed by atoms with Gasteiger partial charge in [-0.2, -0.15) is 0 Å². The molecule has 0 aliphatic carbocycles. The molecule has 0 fully saturated rings. The van der Waals surface area contributed by atoms with Gasteiger partial charge < -0.3 is 0 Å². The lowest BCUT2D eigenvalue weighted by Crippen LogP contribution is -2.40. The van der Waals surface area contributed by atoms with Crippen LogP contribution in [0.3, 0.4) is 0 Å². The van der Waals surface area contributed by atoms with E-state index >= 15 is 0 Å². The Bertz CT molecular complexity index is 691. The van der Waals surface area contributed by atoms with Crippen molar-refractivity contribution in [2.45, 2.75) is 51.0 Å². The van der Waals surface area contributed by atoms with Crippen molar-refractivity contribution >= 4 is 35.7 Å². The first-order valence-electron chi connectivity index (χ1n) is 10.6. The van der Waals surface area contributed by atoms with Crippen LogP contribution in [-0.4, -0.2) is 33.5 Å². The highest BCUT2D eigenvalue weighted by Crippen LogP contribution is 2.23. The summed E-state index contributed by atoms with van der Waals surface area (Å²) < 4.78 is 3.31. The van der Waals surface area contributed by atoms with E-state index in [0.29, 0.717) is 24.6 Å². The van der Waals surface area contributed by atoms with Gasteiger partial charge in [-0.15, -0.1) is 0 Å². The van der Waals surface area contributed by atoms with Crippen molar-refractivity contribution in [1.29, 1.82) is 0 Å². The fourth-order valence-corrected chi connectivity index (χ4v) is 4.62. The second kappa shape index (κ2) is 14.1. The number of hydrogen-bond donors (Lipinski definition) is 0. The predicted octanol–water partition coefficient (Wildman–Crippen LogP) is 5.94. The quantitative estimate of drug-likeness (QED) is 0.300. The van der Waals surface area contributed by atoms with E-state index in [4.69, 9.17) is 0 Å². The Hall–Kier alpha value is -1.92. The van der Waals surface area contributed by atoms with Crippen LogP contribution >= 0.6 is 23.9 Å². The van der Waals surface area contributed by atoms with Crippen molar-refractivity contribution in [1.82, 2.24) is 8.61 Å². The second-order valence-corrected chi connectivity index (χ2v) is 9.01. The van der Waals surface area contributed by atoms with Crippen LogP contribution in [0, 0.1) is 0 Å². The SMILES string of the molecule is CCCCN(SCc1ccccc1)C(=O)C(=O)N(CCCC)SCc1ccccc1. The molecule has 0 atom stereocenters. The van der Waals surface area contributed by atoms with E-state index in [-0.39, 0.29) is 0 Å². The van der Waals surface area contributed by atoms with Crippen LogP contribution in [0.25, 0.3) is 0 Å². The van der Waals surface area contributed by atoms with Crippen LogP contribution in [0.5, 0.6) is 0 Å². The normalized spacial score (nSPS) is 10.6. The average Bonchev–Trinajstić information content (AvgIpc) is 2.80. The standard InChI is InChI=1S/C24H32N2O2S2/c1-3-5-17-25(29-19-21-13-9-7-10-14-21)23(27)24(28)26(18-6-4-2)30-20-22-15-11-8-12-16-22/h7-16H,3-6,17-20H2,1-2H3. The molecule has 2 rings (SSSR count). The summed E-state index contributed by atoms with van der Waals surface area (Å²) in [4.78, 5) is 26.2. The molecule has 0 saturated carbocycles. The van der Waals surface area contributed by atoms with Gasteiger partial charge in [0.25, 0.3) is 0 Å². The molecule has 0 N–H and O–H groups in total. The number of benzene rings is 2. The van der Waals surface area contributed by atoms with Gasteiger partial charge in [0.2, 0.25) is 0 Å². The van der Waals surface area contributed by atoms with E-state index < -0.39 is 11.8 Å². The molecule has 2 aromatic carbocycles. The number of rotatable bonds is 12. The summed E-state index contributed by atoms with van der Waals surface area (Å²) in [5.41, 5.74) is 2.29. The summed E-state index contributed by atoms with van der Waals surface area (Å²) in [5, 5.41) is 0. The van der Waals surface area contributed by atoms with E-state index in [1.165, 1.54) is 23.9 Å². The monoisotopic (exact) mass is 444 g/mol. The van der Waals surface area contributed by atoms with Gasteiger partial charge in [0.15, 0.2) is 0 Å². The van der Waals surface area contributed by atoms with Crippen molar-refractivity contribution in [3.05, 3.63) is 71.8 Å². The minimum Gasteiger partial charge on any atom is -0.278 e. The molecule has 0 aromatic heterocycles. The zero-order chi connectivity index (χ0) is 21.6. The maximum atomic E-state index is 13.1. The fraction of sp³-hybridized carbons (Fsp3) is 0.417. The first-order valence-corrected chi connectivity index (χ1v) is 12.5. The molecule has 2 aromatic rings. The Kier molecular flexibility index (Phi) is 11.5. The number of carbonyl (C=O) groups excluding carboxylic acids is 2. The first-order chi connectivity index (χ1) is 14.7. The van der Waals surface area contributed by atoms with Crippen molar-refractivity contribution in [2.24, 2.45) is 0 Å². The van der Waals surface area contributed by atoms with Crippen molar-refractivity contribution in [3.63, 3.8) is 0 Å². The Morgan fingerprint density at radius 3 is 1.37 bits per heavy atom. The highest BCUT2D eigenvalue weighted by atomic mass is 32.2. The van der Waals surface area contributed by atoms with Crippen LogP contribution < -0.4 is 0 Å². The number of unbranched alkanes of at least 4 members (excludes halogenated alkanes) is 2. The Labute approximate surface area is 189 Å². The topological polar surface area (TPSA) is 40.6 Å². The van der Waals surface area contributed by atoms with Gasteiger partial charge >= 0.3 is 11.8 Å². The van der Waals surface area contributed by atoms with Crippen LogP contribution in [0.2, 0.25) is 0 Å². The van der Waals surface area contributed by atoms with Gasteiger partial charge in [-0.1, -0.05) is 87.4 Å². The maximum Gasteiger partial charge on any atom is 0.322 e. The molecule has 162 valence electrons. The number of amides is 2. The molecule has 0 aliphatic heterocycles. The summed E-state index contributed by atoms with van der Waals surface area (Å²) in [7, 11) is 0. The van der Waals surface area contributed by atoms with Crippen LogP contribution in [0.15, 0.2) is 60.7 Å². The summed E-state index contributed by atoms with van der Waals surface area (Å²) in [5.74, 6) is 0.521. The minimum absolute atomic E-state index is 0.416. The maximum absolute atomic E-state index is 13.1. The molecular weight excluding hydrogens is 412 g/mol. The molecule has 0 heterocycles. The summed E-state index contributed by atoms with van der Waals surface area (Å²) in [6, 6.07) is 20.1. The lowest BCUT2D eigenvalue weighted by molar-refractivity contribution is -0.145. The molecule has 0 aliphatic rings. The molecule has 0 unspecified atom stereocenters. The van der Waals surface area contributed by atoms with E-state index in [2.05, 4.69) is 13.8 Å². The minimum atomic E-state index is -0.416. The summed E-state index contributed by atoms with van der Waals surface area (Å²) in [6.07, 6.45) is 3.72. The largest absolute Gasteiger partial charge is 0.322 e. The van der Waals surface area contributed by atoms with Crippen LogP contribution in [0.1, 0.15) is 50.7 Å². The van der Waals surface area contributed by atoms with Gasteiger partial charge in [0.1, 0.15) is 0 Å². The molecular formula is C24H32N2O2S2. The van der Waals surface area contributed by atoms with E-state index in [1.54, 1.807) is 8.61 Å². The van der Waals surface area contributed by atoms with Crippen LogP contribution in [-0.2, 0) is 21.1 Å². The summed E-state index contributed by atoms with van der Waals surface area (Å²) >= 11 is 2.87. The third kappa shape index (κ3) is 8.44. The average molecular weight is 445 g/mol. The smallest absolute Gasteiger partial charge is 0.278 e. The molecule has 0 saturated heterocycles. The Balaban J connectivity index is 2.03. The molecule has 0 spiro atoms. The molecule has 4 nitrogen and oxygen atoms in total. The number of hydrogen-bond acceptors (Lipinski definition) is 4. The summed E-state index contributed by atoms with van der Waals surface area (Å²) in [6.45, 7) is 5.36. The number of carbonyl (C=O) groups is 2. The third-order valence-corrected chi connectivity index (χ3v) is 6.77. The van der Waals surface area contributed by atoms with Gasteiger partial charge in [-0.25, -0.2) is 0 Å². The Morgan fingerprint density at radius 1 is 0.667 bits per heavy atom. The molecule has 30 heavy (non-hydrogen) atoms. The highest BCUT2D eigenvalue weighted by molar-refractivity contribution is 7.97. The van der Waals surface area contributed by atoms with E-state index in [9.17, 15) is 9.59 Å². The van der Waals surface area contributed by atoms with Gasteiger partial charge in [-0.05, 0) is 47.9 Å². The van der Waals surface area contributed by atoms with Crippen molar-refractivity contribution in [2.75, 3.05) is 13.1 Å². The zero-order valence-electron chi connectivity index (χ0n) is 18.0. The zero-order valence-corrected chi connectivity index (χ0v) is 19.6. The van der Waals surface area contributed by atoms with Gasteiger partial charge in [0, 0.05) is 24.6 Å². The van der Waals surface area contributed by atoms with E-state index in [0.717, 1.165) is 36.8 Å². The first kappa shape index (κ1) is 24.4. The van der Waals surface area contributed by atoms with E-state index in [1.807, 2.05) is 60.7 Å². The molecule has 0 radical (unpaired) electrons. The number of nitrogens with zero attached hydrogens (tertiary/aromatic N) is 2.